The van der Waals surface area contributed by atoms with Crippen molar-refractivity contribution in [1.82, 2.24) is 4.90 Å². The molecule has 0 aliphatic carbocycles. The number of sulfone groups is 1. The molecule has 0 saturated carbocycles. The topological polar surface area (TPSA) is 67.6 Å². The summed E-state index contributed by atoms with van der Waals surface area (Å²) >= 11 is 0. The van der Waals surface area contributed by atoms with Gasteiger partial charge in [0, 0.05) is 18.2 Å². The molecule has 1 atom stereocenters. The van der Waals surface area contributed by atoms with Crippen LogP contribution in [0.15, 0.2) is 40.8 Å². The van der Waals surface area contributed by atoms with Crippen molar-refractivity contribution in [3.05, 3.63) is 47.7 Å². The number of hydrogen-bond donors (Lipinski definition) is 0. The Bertz CT molecular complexity index is 933. The van der Waals surface area contributed by atoms with E-state index in [0.717, 1.165) is 6.07 Å². The summed E-state index contributed by atoms with van der Waals surface area (Å²) in [4.78, 5) is 13.9. The first-order chi connectivity index (χ1) is 12.1. The van der Waals surface area contributed by atoms with Gasteiger partial charge in [0.05, 0.1) is 17.1 Å². The smallest absolute Gasteiger partial charge is 0.417 e. The zero-order valence-electron chi connectivity index (χ0n) is 13.8. The van der Waals surface area contributed by atoms with Crippen LogP contribution in [0, 0.1) is 0 Å². The van der Waals surface area contributed by atoms with E-state index in [9.17, 15) is 26.4 Å². The second-order valence-corrected chi connectivity index (χ2v) is 8.40. The monoisotopic (exact) mass is 387 g/mol. The fourth-order valence-electron chi connectivity index (χ4n) is 2.98. The Hall–Kier alpha value is -2.29. The number of nitrogens with zero attached hydrogens (tertiary/aromatic N) is 1. The number of hydrogen-bond acceptors (Lipinski definition) is 4. The van der Waals surface area contributed by atoms with Crippen molar-refractivity contribution in [3.63, 3.8) is 0 Å². The van der Waals surface area contributed by atoms with E-state index in [4.69, 9.17) is 4.42 Å². The second-order valence-electron chi connectivity index (χ2n) is 6.17. The van der Waals surface area contributed by atoms with Crippen LogP contribution in [0.2, 0.25) is 0 Å². The summed E-state index contributed by atoms with van der Waals surface area (Å²) < 4.78 is 68.0. The van der Waals surface area contributed by atoms with Crippen molar-refractivity contribution in [1.29, 1.82) is 0 Å². The molecule has 9 heteroatoms. The van der Waals surface area contributed by atoms with Crippen LogP contribution in [-0.4, -0.2) is 43.3 Å². The van der Waals surface area contributed by atoms with E-state index in [2.05, 4.69) is 0 Å². The van der Waals surface area contributed by atoms with Crippen molar-refractivity contribution in [2.45, 2.75) is 19.1 Å². The van der Waals surface area contributed by atoms with E-state index in [0.29, 0.717) is 0 Å². The van der Waals surface area contributed by atoms with Gasteiger partial charge in [0.15, 0.2) is 15.6 Å². The van der Waals surface area contributed by atoms with Crippen molar-refractivity contribution in [2.24, 2.45) is 0 Å². The van der Waals surface area contributed by atoms with Gasteiger partial charge in [-0.25, -0.2) is 8.42 Å². The van der Waals surface area contributed by atoms with E-state index in [-0.39, 0.29) is 35.1 Å². The van der Waals surface area contributed by atoms with Crippen molar-refractivity contribution < 1.29 is 30.8 Å². The van der Waals surface area contributed by atoms with Crippen LogP contribution >= 0.6 is 0 Å². The average Bonchev–Trinajstić information content (AvgIpc) is 3.02. The lowest BCUT2D eigenvalue weighted by molar-refractivity contribution is -0.137. The minimum absolute atomic E-state index is 0.0253. The molecule has 2 heterocycles. The molecule has 1 aliphatic rings. The third-order valence-electron chi connectivity index (χ3n) is 4.25. The Labute approximate surface area is 148 Å². The van der Waals surface area contributed by atoms with E-state index in [1.165, 1.54) is 35.2 Å². The summed E-state index contributed by atoms with van der Waals surface area (Å²) in [5.41, 5.74) is -1.01. The van der Waals surface area contributed by atoms with E-state index in [1.807, 2.05) is 0 Å². The van der Waals surface area contributed by atoms with Gasteiger partial charge in [-0.05, 0) is 25.1 Å². The fourth-order valence-corrected chi connectivity index (χ4v) is 4.54. The summed E-state index contributed by atoms with van der Waals surface area (Å²) in [7, 11) is -3.19. The molecule has 5 nitrogen and oxygen atoms in total. The normalized spacial score (nSPS) is 20.2. The van der Waals surface area contributed by atoms with Crippen LogP contribution in [0.4, 0.5) is 13.2 Å². The third kappa shape index (κ3) is 3.62. The molecule has 2 aromatic rings. The highest BCUT2D eigenvalue weighted by molar-refractivity contribution is 7.91. The first kappa shape index (κ1) is 18.5. The van der Waals surface area contributed by atoms with Gasteiger partial charge in [0.2, 0.25) is 0 Å². The number of benzene rings is 1. The maximum atomic E-state index is 13.1. The number of halogens is 3. The van der Waals surface area contributed by atoms with Gasteiger partial charge in [0.1, 0.15) is 5.76 Å². The summed E-state index contributed by atoms with van der Waals surface area (Å²) in [6.45, 7) is 1.63. The van der Waals surface area contributed by atoms with Crippen LogP contribution in [0.3, 0.4) is 0 Å². The molecule has 0 unspecified atom stereocenters. The van der Waals surface area contributed by atoms with Crippen molar-refractivity contribution >= 4 is 15.7 Å². The summed E-state index contributed by atoms with van der Waals surface area (Å²) in [6, 6.07) is 7.02. The molecule has 140 valence electrons. The van der Waals surface area contributed by atoms with Crippen molar-refractivity contribution in [2.75, 3.05) is 18.1 Å². The standard InChI is InChI=1S/C17H16F3NO4S/c1-11-10-26(23,24)9-8-21(11)16(22)15-7-6-14(25-15)12-4-2-3-5-13(12)17(18,19)20/h2-7,11H,8-10H2,1H3/t11-/m1/s1. The van der Waals surface area contributed by atoms with Crippen LogP contribution in [-0.2, 0) is 16.0 Å². The molecular formula is C17H16F3NO4S. The highest BCUT2D eigenvalue weighted by atomic mass is 32.2. The van der Waals surface area contributed by atoms with Gasteiger partial charge in [-0.2, -0.15) is 13.2 Å². The molecule has 0 N–H and O–H groups in total. The van der Waals surface area contributed by atoms with Crippen LogP contribution in [0.1, 0.15) is 23.0 Å². The van der Waals surface area contributed by atoms with Crippen LogP contribution < -0.4 is 0 Å². The maximum Gasteiger partial charge on any atom is 0.417 e. The number of carbonyl (C=O) groups excluding carboxylic acids is 1. The third-order valence-corrected chi connectivity index (χ3v) is 6.04. The fraction of sp³-hybridized carbons (Fsp3) is 0.353. The Balaban J connectivity index is 1.89. The molecule has 1 aromatic carbocycles. The van der Waals surface area contributed by atoms with Gasteiger partial charge >= 0.3 is 6.18 Å². The Morgan fingerprint density at radius 1 is 1.19 bits per heavy atom. The molecule has 0 radical (unpaired) electrons. The molecule has 0 bridgehead atoms. The lowest BCUT2D eigenvalue weighted by Gasteiger charge is -2.32. The first-order valence-corrected chi connectivity index (χ1v) is 9.68. The quantitative estimate of drug-likeness (QED) is 0.794. The second kappa shape index (κ2) is 6.46. The van der Waals surface area contributed by atoms with Gasteiger partial charge < -0.3 is 9.32 Å². The van der Waals surface area contributed by atoms with Crippen LogP contribution in [0.5, 0.6) is 0 Å². The molecule has 1 amide bonds. The molecule has 1 aromatic heterocycles. The predicted octanol–water partition coefficient (Wildman–Crippen LogP) is 3.22. The molecule has 1 aliphatic heterocycles. The molecule has 1 fully saturated rings. The summed E-state index contributed by atoms with van der Waals surface area (Å²) in [6.07, 6.45) is -4.55. The molecule has 0 spiro atoms. The summed E-state index contributed by atoms with van der Waals surface area (Å²) in [5, 5.41) is 0. The molecule has 26 heavy (non-hydrogen) atoms. The minimum Gasteiger partial charge on any atom is -0.451 e. The number of alkyl halides is 3. The minimum atomic E-state index is -4.55. The maximum absolute atomic E-state index is 13.1. The molecule has 3 rings (SSSR count). The molecule has 1 saturated heterocycles. The number of amides is 1. The van der Waals surface area contributed by atoms with Crippen LogP contribution in [0.25, 0.3) is 11.3 Å². The highest BCUT2D eigenvalue weighted by Crippen LogP contribution is 2.37. The Morgan fingerprint density at radius 3 is 2.54 bits per heavy atom. The zero-order chi connectivity index (χ0) is 19.1. The van der Waals surface area contributed by atoms with E-state index >= 15 is 0 Å². The number of carbonyl (C=O) groups is 1. The molecular weight excluding hydrogens is 371 g/mol. The lowest BCUT2D eigenvalue weighted by Crippen LogP contribution is -2.49. The number of furan rings is 1. The van der Waals surface area contributed by atoms with E-state index in [1.54, 1.807) is 6.92 Å². The first-order valence-electron chi connectivity index (χ1n) is 7.86. The lowest BCUT2D eigenvalue weighted by atomic mass is 10.1. The Morgan fingerprint density at radius 2 is 1.88 bits per heavy atom. The van der Waals surface area contributed by atoms with Gasteiger partial charge in [-0.15, -0.1) is 0 Å². The zero-order valence-corrected chi connectivity index (χ0v) is 14.6. The number of rotatable bonds is 2. The van der Waals surface area contributed by atoms with Gasteiger partial charge in [-0.3, -0.25) is 4.79 Å². The SMILES string of the molecule is C[C@@H]1CS(=O)(=O)CCN1C(=O)c1ccc(-c2ccccc2C(F)(F)F)o1. The predicted molar refractivity (Wildman–Crippen MR) is 88.3 cm³/mol. The van der Waals surface area contributed by atoms with E-state index < -0.39 is 33.5 Å². The largest absolute Gasteiger partial charge is 0.451 e. The van der Waals surface area contributed by atoms with Gasteiger partial charge in [0.25, 0.3) is 5.91 Å². The highest BCUT2D eigenvalue weighted by Gasteiger charge is 2.35. The van der Waals surface area contributed by atoms with Gasteiger partial charge in [-0.1, -0.05) is 18.2 Å². The Kier molecular flexibility index (Phi) is 4.60. The summed E-state index contributed by atoms with van der Waals surface area (Å²) in [5.74, 6) is -1.03. The van der Waals surface area contributed by atoms with Crippen molar-refractivity contribution in [3.8, 4) is 11.3 Å². The average molecular weight is 387 g/mol.